The van der Waals surface area contributed by atoms with E-state index in [1.165, 1.54) is 12.1 Å². The van der Waals surface area contributed by atoms with Gasteiger partial charge in [0, 0.05) is 10.6 Å². The summed E-state index contributed by atoms with van der Waals surface area (Å²) in [5.41, 5.74) is 0.583. The van der Waals surface area contributed by atoms with Gasteiger partial charge >= 0.3 is 5.97 Å². The number of Topliss-reactive ketones (excluding diaryl/α,β-unsaturated/α-hetero) is 1. The fraction of sp³-hybridized carbons (Fsp3) is 0.300. The third-order valence-corrected chi connectivity index (χ3v) is 4.03. The van der Waals surface area contributed by atoms with Crippen molar-refractivity contribution >= 4 is 35.0 Å². The van der Waals surface area contributed by atoms with E-state index in [9.17, 15) is 9.59 Å². The van der Waals surface area contributed by atoms with E-state index in [-0.39, 0.29) is 16.4 Å². The fourth-order valence-corrected chi connectivity index (χ4v) is 2.62. The summed E-state index contributed by atoms with van der Waals surface area (Å²) in [5, 5.41) is 0.761. The lowest BCUT2D eigenvalue weighted by Crippen LogP contribution is -2.14. The van der Waals surface area contributed by atoms with Gasteiger partial charge in [-0.1, -0.05) is 30.1 Å². The molecule has 0 unspecified atom stereocenters. The minimum absolute atomic E-state index is 0.177. The molecule has 2 rings (SSSR count). The summed E-state index contributed by atoms with van der Waals surface area (Å²) in [4.78, 5) is 24.4. The second-order valence-corrected chi connectivity index (χ2v) is 6.42. The Hall–Kier alpha value is -2.24. The van der Waals surface area contributed by atoms with Crippen LogP contribution in [0.3, 0.4) is 0 Å². The number of ether oxygens (including phenoxy) is 3. The molecule has 0 radical (unpaired) electrons. The number of benzene rings is 2. The van der Waals surface area contributed by atoms with Crippen molar-refractivity contribution in [3.05, 3.63) is 57.6 Å². The summed E-state index contributed by atoms with van der Waals surface area (Å²) in [6.45, 7) is 4.24. The molecule has 0 bridgehead atoms. The van der Waals surface area contributed by atoms with Crippen LogP contribution in [0.2, 0.25) is 10.0 Å². The Bertz CT molecular complexity index is 803. The van der Waals surface area contributed by atoms with Gasteiger partial charge in [0.2, 0.25) is 0 Å². The zero-order valence-corrected chi connectivity index (χ0v) is 16.6. The number of carbonyl (C=O) groups excluding carboxylic acids is 2. The zero-order valence-electron chi connectivity index (χ0n) is 15.1. The smallest absolute Gasteiger partial charge is 0.338 e. The van der Waals surface area contributed by atoms with Crippen molar-refractivity contribution < 1.29 is 23.8 Å². The molecule has 0 aliphatic rings. The second kappa shape index (κ2) is 10.2. The van der Waals surface area contributed by atoms with Crippen LogP contribution in [0, 0.1) is 0 Å². The Morgan fingerprint density at radius 1 is 0.963 bits per heavy atom. The van der Waals surface area contributed by atoms with Gasteiger partial charge in [-0.3, -0.25) is 4.79 Å². The van der Waals surface area contributed by atoms with Crippen LogP contribution in [0.25, 0.3) is 0 Å². The first-order chi connectivity index (χ1) is 13.0. The molecule has 0 aromatic heterocycles. The lowest BCUT2D eigenvalue weighted by molar-refractivity contribution is 0.0474. The third-order valence-electron chi connectivity index (χ3n) is 3.50. The van der Waals surface area contributed by atoms with Crippen molar-refractivity contribution in [1.82, 2.24) is 0 Å². The molecule has 0 N–H and O–H groups in total. The van der Waals surface area contributed by atoms with E-state index in [1.807, 2.05) is 13.8 Å². The summed E-state index contributed by atoms with van der Waals surface area (Å²) < 4.78 is 16.2. The van der Waals surface area contributed by atoms with Gasteiger partial charge in [0.15, 0.2) is 23.9 Å². The molecule has 7 heteroatoms. The van der Waals surface area contributed by atoms with Gasteiger partial charge < -0.3 is 14.2 Å². The molecule has 2 aromatic rings. The van der Waals surface area contributed by atoms with Crippen LogP contribution in [0.5, 0.6) is 11.5 Å². The number of esters is 1. The highest BCUT2D eigenvalue weighted by Crippen LogP contribution is 2.37. The predicted molar refractivity (Wildman–Crippen MR) is 104 cm³/mol. The number of halogens is 2. The minimum atomic E-state index is -0.679. The van der Waals surface area contributed by atoms with Gasteiger partial charge in [0.05, 0.1) is 23.8 Å². The van der Waals surface area contributed by atoms with Crippen LogP contribution < -0.4 is 9.47 Å². The van der Waals surface area contributed by atoms with Gasteiger partial charge in [-0.2, -0.15) is 0 Å². The molecule has 2 aromatic carbocycles. The summed E-state index contributed by atoms with van der Waals surface area (Å²) in [6, 6.07) is 9.27. The number of hydrogen-bond acceptors (Lipinski definition) is 5. The van der Waals surface area contributed by atoms with Crippen molar-refractivity contribution in [3.8, 4) is 11.5 Å². The van der Waals surface area contributed by atoms with E-state index in [0.717, 1.165) is 6.42 Å². The van der Waals surface area contributed by atoms with Crippen molar-refractivity contribution in [3.63, 3.8) is 0 Å². The van der Waals surface area contributed by atoms with E-state index < -0.39 is 12.6 Å². The highest BCUT2D eigenvalue weighted by molar-refractivity contribution is 6.32. The molecule has 0 aliphatic heterocycles. The molecule has 0 fully saturated rings. The molecule has 0 saturated carbocycles. The van der Waals surface area contributed by atoms with Crippen LogP contribution >= 0.6 is 23.2 Å². The molecular formula is C20H20Cl2O5. The Morgan fingerprint density at radius 3 is 2.30 bits per heavy atom. The predicted octanol–water partition coefficient (Wildman–Crippen LogP) is 5.22. The first-order valence-corrected chi connectivity index (χ1v) is 9.26. The maximum Gasteiger partial charge on any atom is 0.338 e. The largest absolute Gasteiger partial charge is 0.490 e. The molecule has 0 aliphatic carbocycles. The van der Waals surface area contributed by atoms with Crippen molar-refractivity contribution in [1.29, 1.82) is 0 Å². The maximum atomic E-state index is 12.3. The number of carbonyl (C=O) groups is 2. The summed E-state index contributed by atoms with van der Waals surface area (Å²) in [5.74, 6) is -0.273. The second-order valence-electron chi connectivity index (χ2n) is 5.57. The van der Waals surface area contributed by atoms with E-state index in [0.29, 0.717) is 35.3 Å². The standard InChI is InChI=1S/C20H20Cl2O5/c1-3-9-26-19-16(22)10-14(11-18(19)25-4-2)20(24)27-12-17(23)13-5-7-15(21)8-6-13/h5-8,10-11H,3-4,9,12H2,1-2H3. The number of ketones is 1. The molecule has 0 saturated heterocycles. The third kappa shape index (κ3) is 5.88. The van der Waals surface area contributed by atoms with Crippen molar-refractivity contribution in [2.24, 2.45) is 0 Å². The Labute approximate surface area is 168 Å². The molecule has 0 heterocycles. The molecule has 27 heavy (non-hydrogen) atoms. The molecule has 0 spiro atoms. The summed E-state index contributed by atoms with van der Waals surface area (Å²) in [7, 11) is 0. The van der Waals surface area contributed by atoms with Crippen LogP contribution in [0.4, 0.5) is 0 Å². The fourth-order valence-electron chi connectivity index (χ4n) is 2.23. The first-order valence-electron chi connectivity index (χ1n) is 8.51. The Balaban J connectivity index is 2.10. The molecule has 5 nitrogen and oxygen atoms in total. The molecule has 0 atom stereocenters. The monoisotopic (exact) mass is 410 g/mol. The minimum Gasteiger partial charge on any atom is -0.490 e. The van der Waals surface area contributed by atoms with Gasteiger partial charge in [-0.15, -0.1) is 0 Å². The average molecular weight is 411 g/mol. The summed E-state index contributed by atoms with van der Waals surface area (Å²) >= 11 is 12.0. The maximum absolute atomic E-state index is 12.3. The quantitative estimate of drug-likeness (QED) is 0.418. The highest BCUT2D eigenvalue weighted by atomic mass is 35.5. The average Bonchev–Trinajstić information content (AvgIpc) is 2.65. The van der Waals surface area contributed by atoms with Crippen LogP contribution in [0.15, 0.2) is 36.4 Å². The van der Waals surface area contributed by atoms with E-state index in [4.69, 9.17) is 37.4 Å². The molecule has 144 valence electrons. The van der Waals surface area contributed by atoms with Gasteiger partial charge in [0.1, 0.15) is 0 Å². The first kappa shape index (κ1) is 21.1. The van der Waals surface area contributed by atoms with Crippen molar-refractivity contribution in [2.75, 3.05) is 19.8 Å². The topological polar surface area (TPSA) is 61.8 Å². The van der Waals surface area contributed by atoms with E-state index >= 15 is 0 Å². The van der Waals surface area contributed by atoms with Crippen LogP contribution in [0.1, 0.15) is 41.0 Å². The number of rotatable bonds is 9. The highest BCUT2D eigenvalue weighted by Gasteiger charge is 2.18. The van der Waals surface area contributed by atoms with Gasteiger partial charge in [0.25, 0.3) is 0 Å². The van der Waals surface area contributed by atoms with E-state index in [2.05, 4.69) is 0 Å². The van der Waals surface area contributed by atoms with Crippen molar-refractivity contribution in [2.45, 2.75) is 20.3 Å². The van der Waals surface area contributed by atoms with Gasteiger partial charge in [-0.25, -0.2) is 4.79 Å². The SMILES string of the molecule is CCCOc1c(Cl)cc(C(=O)OCC(=O)c2ccc(Cl)cc2)cc1OCC. The Kier molecular flexibility index (Phi) is 7.95. The summed E-state index contributed by atoms with van der Waals surface area (Å²) in [6.07, 6.45) is 0.804. The molecule has 0 amide bonds. The van der Waals surface area contributed by atoms with Gasteiger partial charge in [-0.05, 0) is 49.7 Å². The lowest BCUT2D eigenvalue weighted by atomic mass is 10.1. The van der Waals surface area contributed by atoms with Crippen LogP contribution in [-0.4, -0.2) is 31.6 Å². The Morgan fingerprint density at radius 2 is 1.67 bits per heavy atom. The number of hydrogen-bond donors (Lipinski definition) is 0. The van der Waals surface area contributed by atoms with E-state index in [1.54, 1.807) is 24.3 Å². The van der Waals surface area contributed by atoms with Crippen LogP contribution in [-0.2, 0) is 4.74 Å². The normalized spacial score (nSPS) is 10.4. The lowest BCUT2D eigenvalue weighted by Gasteiger charge is -2.14. The molecular weight excluding hydrogens is 391 g/mol. The zero-order chi connectivity index (χ0) is 19.8.